The van der Waals surface area contributed by atoms with Gasteiger partial charge in [0, 0.05) is 45.7 Å². The third-order valence-corrected chi connectivity index (χ3v) is 9.56. The summed E-state index contributed by atoms with van der Waals surface area (Å²) in [7, 11) is 0. The van der Waals surface area contributed by atoms with E-state index < -0.39 is 0 Å². The summed E-state index contributed by atoms with van der Waals surface area (Å²) in [5, 5.41) is 14.6. The van der Waals surface area contributed by atoms with Crippen molar-refractivity contribution in [2.24, 2.45) is 4.99 Å². The fraction of sp³-hybridized carbons (Fsp3) is 0.300. The van der Waals surface area contributed by atoms with E-state index in [1.54, 1.807) is 11.3 Å². The number of phenolic OH excluding ortho intramolecular Hbond substituents is 1. The lowest BCUT2D eigenvalue weighted by atomic mass is 9.79. The van der Waals surface area contributed by atoms with Gasteiger partial charge in [-0.2, -0.15) is 0 Å². The first-order valence-electron chi connectivity index (χ1n) is 15.6. The van der Waals surface area contributed by atoms with Crippen LogP contribution in [0.5, 0.6) is 5.75 Å². The van der Waals surface area contributed by atoms with Gasteiger partial charge in [-0.3, -0.25) is 4.99 Å². The first kappa shape index (κ1) is 30.8. The Bertz CT molecular complexity index is 2060. The summed E-state index contributed by atoms with van der Waals surface area (Å²) in [4.78, 5) is 13.8. The highest BCUT2D eigenvalue weighted by molar-refractivity contribution is 7.21. The van der Waals surface area contributed by atoms with Crippen LogP contribution in [0.1, 0.15) is 84.6 Å². The Morgan fingerprint density at radius 3 is 2.13 bits per heavy atom. The molecule has 0 radical (unpaired) electrons. The minimum Gasteiger partial charge on any atom is -0.507 e. The fourth-order valence-electron chi connectivity index (χ4n) is 5.74. The van der Waals surface area contributed by atoms with E-state index in [4.69, 9.17) is 9.98 Å². The zero-order valence-corrected chi connectivity index (χ0v) is 28.6. The van der Waals surface area contributed by atoms with E-state index >= 15 is 0 Å². The highest BCUT2D eigenvalue weighted by Gasteiger charge is 2.25. The van der Waals surface area contributed by atoms with Crippen LogP contribution in [0.3, 0.4) is 0 Å². The summed E-state index contributed by atoms with van der Waals surface area (Å²) in [6, 6.07) is 25.5. The number of hydrogen-bond acceptors (Lipinski definition) is 4. The third kappa shape index (κ3) is 5.94. The lowest BCUT2D eigenvalue weighted by molar-refractivity contribution is 0.444. The fourth-order valence-corrected chi connectivity index (χ4v) is 6.80. The number of nitrogens with one attached hydrogen (secondary N) is 1. The Balaban J connectivity index is 1.58. The van der Waals surface area contributed by atoms with Gasteiger partial charge >= 0.3 is 0 Å². The maximum absolute atomic E-state index is 11.5. The van der Waals surface area contributed by atoms with Crippen LogP contribution in [0.25, 0.3) is 42.8 Å². The molecule has 0 spiro atoms. The van der Waals surface area contributed by atoms with E-state index in [1.807, 2.05) is 18.5 Å². The number of nitrogens with zero attached hydrogens (tertiary/aromatic N) is 2. The molecular formula is C40H43N3OS. The monoisotopic (exact) mass is 613 g/mol. The number of thiazole rings is 1. The number of aromatic hydroxyl groups is 1. The van der Waals surface area contributed by atoms with Gasteiger partial charge in [-0.15, -0.1) is 11.3 Å². The molecule has 0 aliphatic rings. The molecule has 230 valence electrons. The number of fused-ring (bicyclic) bond motifs is 2. The molecule has 0 bridgehead atoms. The summed E-state index contributed by atoms with van der Waals surface area (Å²) in [5.74, 6) is 0.284. The number of aliphatic imine (C=N–C) groups is 1. The zero-order chi connectivity index (χ0) is 32.3. The molecule has 5 heteroatoms. The van der Waals surface area contributed by atoms with Gasteiger partial charge in [0.25, 0.3) is 0 Å². The molecule has 4 nitrogen and oxygen atoms in total. The number of benzene rings is 4. The predicted molar refractivity (Wildman–Crippen MR) is 194 cm³/mol. The number of rotatable bonds is 4. The number of phenols is 1. The first-order chi connectivity index (χ1) is 21.1. The maximum Gasteiger partial charge on any atom is 0.128 e. The molecule has 2 N–H and O–H groups in total. The molecule has 0 amide bonds. The minimum absolute atomic E-state index is 0.00636. The molecule has 6 aromatic rings. The second-order valence-corrected chi connectivity index (χ2v) is 16.2. The van der Waals surface area contributed by atoms with E-state index in [-0.39, 0.29) is 22.0 Å². The van der Waals surface area contributed by atoms with Crippen molar-refractivity contribution < 1.29 is 5.11 Å². The lowest BCUT2D eigenvalue weighted by Crippen LogP contribution is -2.17. The molecule has 0 unspecified atom stereocenters. The summed E-state index contributed by atoms with van der Waals surface area (Å²) < 4.78 is 1.15. The summed E-state index contributed by atoms with van der Waals surface area (Å²) in [5.41, 5.74) is 8.76. The van der Waals surface area contributed by atoms with E-state index in [1.165, 1.54) is 11.1 Å². The second-order valence-electron chi connectivity index (χ2n) is 15.1. The van der Waals surface area contributed by atoms with Gasteiger partial charge in [0.05, 0.1) is 15.9 Å². The van der Waals surface area contributed by atoms with Crippen molar-refractivity contribution >= 4 is 44.2 Å². The van der Waals surface area contributed by atoms with Crippen LogP contribution in [-0.2, 0) is 16.2 Å². The first-order valence-corrected chi connectivity index (χ1v) is 16.5. The normalized spacial score (nSPS) is 13.0. The van der Waals surface area contributed by atoms with Gasteiger partial charge in [-0.05, 0) is 69.2 Å². The highest BCUT2D eigenvalue weighted by Crippen LogP contribution is 2.44. The van der Waals surface area contributed by atoms with Gasteiger partial charge in [0.2, 0.25) is 0 Å². The van der Waals surface area contributed by atoms with Crippen molar-refractivity contribution in [2.75, 3.05) is 0 Å². The van der Waals surface area contributed by atoms with E-state index in [0.29, 0.717) is 0 Å². The van der Waals surface area contributed by atoms with Crippen molar-refractivity contribution in [3.63, 3.8) is 0 Å². The molecule has 45 heavy (non-hydrogen) atoms. The number of hydrogen-bond donors (Lipinski definition) is 2. The molecule has 2 heterocycles. The Hall–Kier alpha value is -4.22. The summed E-state index contributed by atoms with van der Waals surface area (Å²) in [6.07, 6.45) is 3.80. The average Bonchev–Trinajstić information content (AvgIpc) is 3.65. The van der Waals surface area contributed by atoms with Crippen LogP contribution in [0.4, 0.5) is 5.69 Å². The lowest BCUT2D eigenvalue weighted by Gasteiger charge is -2.27. The van der Waals surface area contributed by atoms with Crippen LogP contribution in [0.15, 0.2) is 84.0 Å². The van der Waals surface area contributed by atoms with Crippen LogP contribution >= 0.6 is 11.3 Å². The van der Waals surface area contributed by atoms with Crippen molar-refractivity contribution in [3.05, 3.63) is 101 Å². The molecule has 4 aromatic carbocycles. The molecule has 0 saturated heterocycles. The van der Waals surface area contributed by atoms with Crippen LogP contribution < -0.4 is 0 Å². The van der Waals surface area contributed by atoms with Crippen molar-refractivity contribution in [3.8, 4) is 27.6 Å². The van der Waals surface area contributed by atoms with Gasteiger partial charge in [0.1, 0.15) is 10.8 Å². The largest absolute Gasteiger partial charge is 0.507 e. The average molecular weight is 614 g/mol. The Kier molecular flexibility index (Phi) is 7.52. The molecule has 0 aliphatic carbocycles. The van der Waals surface area contributed by atoms with Crippen molar-refractivity contribution in [2.45, 2.75) is 78.6 Å². The van der Waals surface area contributed by atoms with Crippen LogP contribution in [-0.4, -0.2) is 21.3 Å². The van der Waals surface area contributed by atoms with Gasteiger partial charge in [-0.25, -0.2) is 4.98 Å². The van der Waals surface area contributed by atoms with Crippen molar-refractivity contribution in [1.29, 1.82) is 0 Å². The molecule has 0 atom stereocenters. The standard InChI is InChI=1S/C40H43N3OS/c1-38(2,3)26-19-25(36(44)31(21-26)40(7,8)9)23-42-34-28-14-11-10-13-24(28)16-17-29(34)37-43-35-30(32-15-12-18-41-32)20-27(39(4,5)6)22-33(35)45-37/h10-23,41,44H,1-9H3. The number of H-pyrrole nitrogens is 1. The molecule has 0 fully saturated rings. The summed E-state index contributed by atoms with van der Waals surface area (Å²) in [6.45, 7) is 19.8. The Morgan fingerprint density at radius 2 is 1.47 bits per heavy atom. The Labute approximate surface area is 270 Å². The third-order valence-electron chi connectivity index (χ3n) is 8.53. The van der Waals surface area contributed by atoms with Crippen molar-refractivity contribution in [1.82, 2.24) is 9.97 Å². The Morgan fingerprint density at radius 1 is 0.756 bits per heavy atom. The quantitative estimate of drug-likeness (QED) is 0.194. The maximum atomic E-state index is 11.5. The predicted octanol–water partition coefficient (Wildman–Crippen LogP) is 11.5. The second kappa shape index (κ2) is 11.0. The molecule has 6 rings (SSSR count). The van der Waals surface area contributed by atoms with Gasteiger partial charge in [0.15, 0.2) is 0 Å². The summed E-state index contributed by atoms with van der Waals surface area (Å²) >= 11 is 1.70. The van der Waals surface area contributed by atoms with Gasteiger partial charge in [-0.1, -0.05) is 98.7 Å². The minimum atomic E-state index is -0.220. The van der Waals surface area contributed by atoms with Gasteiger partial charge < -0.3 is 10.1 Å². The molecule has 0 aliphatic heterocycles. The van der Waals surface area contributed by atoms with E-state index in [0.717, 1.165) is 59.6 Å². The van der Waals surface area contributed by atoms with Crippen LogP contribution in [0.2, 0.25) is 0 Å². The highest BCUT2D eigenvalue weighted by atomic mass is 32.1. The molecular weight excluding hydrogens is 571 g/mol. The van der Waals surface area contributed by atoms with E-state index in [9.17, 15) is 5.11 Å². The molecule has 0 saturated carbocycles. The number of aromatic amines is 1. The van der Waals surface area contributed by atoms with E-state index in [2.05, 4.69) is 134 Å². The zero-order valence-electron chi connectivity index (χ0n) is 27.8. The smallest absolute Gasteiger partial charge is 0.128 e. The van der Waals surface area contributed by atoms with Crippen LogP contribution in [0, 0.1) is 0 Å². The number of aromatic nitrogens is 2. The topological polar surface area (TPSA) is 61.3 Å². The SMILES string of the molecule is CC(C)(C)c1cc(C=Nc2c(-c3nc4c(-c5ccc[nH]5)cc(C(C)(C)C)cc4s3)ccc3ccccc23)c(O)c(C(C)(C)C)c1. The molecule has 2 aromatic heterocycles.